The Morgan fingerprint density at radius 1 is 1.54 bits per heavy atom. The molecule has 1 N–H and O–H groups in total. The normalized spacial score (nSPS) is 14.0. The molecule has 1 atom stereocenters. The molecular weight excluding hydrogens is 196 g/mol. The van der Waals surface area contributed by atoms with Crippen molar-refractivity contribution in [2.24, 2.45) is 0 Å². The topological polar surface area (TPSA) is 80.7 Å². The summed E-state index contributed by atoms with van der Waals surface area (Å²) in [5, 5.41) is 7.53. The molecule has 0 amide bonds. The van der Waals surface area contributed by atoms with Crippen LogP contribution in [-0.2, 0) is 19.4 Å². The quantitative estimate of drug-likeness (QED) is 0.662. The minimum absolute atomic E-state index is 0.103. The summed E-state index contributed by atoms with van der Waals surface area (Å²) in [7, 11) is -1.92. The first-order valence-corrected chi connectivity index (χ1v) is 5.54. The van der Waals surface area contributed by atoms with Crippen LogP contribution >= 0.6 is 0 Å². The zero-order chi connectivity index (χ0) is 10.5. The molecular formula is C7H14O5S. The number of aliphatic carboxylic acids is 1. The van der Waals surface area contributed by atoms with Gasteiger partial charge in [-0.15, -0.1) is 0 Å². The second kappa shape index (κ2) is 5.18. The number of carboxylic acid groups (broad SMARTS) is 1. The highest BCUT2D eigenvalue weighted by Crippen LogP contribution is 2.06. The number of sulfone groups is 1. The van der Waals surface area contributed by atoms with Gasteiger partial charge in [0.05, 0.1) is 24.0 Å². The third kappa shape index (κ3) is 4.84. The maximum atomic E-state index is 11.3. The van der Waals surface area contributed by atoms with Crippen molar-refractivity contribution in [2.45, 2.75) is 18.6 Å². The van der Waals surface area contributed by atoms with Gasteiger partial charge in [-0.3, -0.25) is 4.79 Å². The minimum atomic E-state index is -3.32. The van der Waals surface area contributed by atoms with Gasteiger partial charge in [0.2, 0.25) is 0 Å². The van der Waals surface area contributed by atoms with Gasteiger partial charge in [0.1, 0.15) is 0 Å². The number of carboxylic acids is 1. The van der Waals surface area contributed by atoms with Gasteiger partial charge in [0, 0.05) is 7.11 Å². The van der Waals surface area contributed by atoms with E-state index in [1.165, 1.54) is 14.0 Å². The van der Waals surface area contributed by atoms with E-state index in [0.717, 1.165) is 0 Å². The maximum Gasteiger partial charge on any atom is 0.304 e. The molecule has 0 radical (unpaired) electrons. The third-order valence-corrected chi connectivity index (χ3v) is 3.78. The highest BCUT2D eigenvalue weighted by Gasteiger charge is 2.22. The van der Waals surface area contributed by atoms with E-state index in [-0.39, 0.29) is 18.8 Å². The summed E-state index contributed by atoms with van der Waals surface area (Å²) >= 11 is 0. The van der Waals surface area contributed by atoms with Gasteiger partial charge in [-0.1, -0.05) is 0 Å². The average molecular weight is 210 g/mol. The Morgan fingerprint density at radius 3 is 2.46 bits per heavy atom. The fraction of sp³-hybridized carbons (Fsp3) is 0.857. The van der Waals surface area contributed by atoms with Gasteiger partial charge in [0.15, 0.2) is 9.84 Å². The molecule has 1 unspecified atom stereocenters. The monoisotopic (exact) mass is 210 g/mol. The molecule has 0 saturated carbocycles. The first-order valence-electron chi connectivity index (χ1n) is 3.82. The molecule has 0 aliphatic carbocycles. The Kier molecular flexibility index (Phi) is 4.94. The van der Waals surface area contributed by atoms with Crippen molar-refractivity contribution in [3.8, 4) is 0 Å². The largest absolute Gasteiger partial charge is 0.481 e. The van der Waals surface area contributed by atoms with Crippen LogP contribution in [0, 0.1) is 0 Å². The zero-order valence-corrected chi connectivity index (χ0v) is 8.50. The van der Waals surface area contributed by atoms with Gasteiger partial charge in [-0.25, -0.2) is 8.42 Å². The van der Waals surface area contributed by atoms with Crippen LogP contribution < -0.4 is 0 Å². The highest BCUT2D eigenvalue weighted by molar-refractivity contribution is 7.92. The van der Waals surface area contributed by atoms with Crippen molar-refractivity contribution in [3.63, 3.8) is 0 Å². The number of methoxy groups -OCH3 is 1. The lowest BCUT2D eigenvalue weighted by Gasteiger charge is -2.09. The molecule has 0 saturated heterocycles. The number of ether oxygens (including phenoxy) is 1. The molecule has 0 rings (SSSR count). The maximum absolute atomic E-state index is 11.3. The zero-order valence-electron chi connectivity index (χ0n) is 7.69. The first-order chi connectivity index (χ1) is 5.90. The number of hydrogen-bond donors (Lipinski definition) is 1. The van der Waals surface area contributed by atoms with Crippen LogP contribution in [0.4, 0.5) is 0 Å². The van der Waals surface area contributed by atoms with E-state index in [9.17, 15) is 13.2 Å². The van der Waals surface area contributed by atoms with E-state index in [0.29, 0.717) is 0 Å². The van der Waals surface area contributed by atoms with Crippen molar-refractivity contribution in [2.75, 3.05) is 19.5 Å². The van der Waals surface area contributed by atoms with Crippen LogP contribution in [0.1, 0.15) is 13.3 Å². The van der Waals surface area contributed by atoms with Gasteiger partial charge >= 0.3 is 5.97 Å². The molecule has 0 spiro atoms. The Labute approximate surface area is 77.6 Å². The van der Waals surface area contributed by atoms with Gasteiger partial charge in [0.25, 0.3) is 0 Å². The van der Waals surface area contributed by atoms with Crippen LogP contribution in [-0.4, -0.2) is 44.2 Å². The van der Waals surface area contributed by atoms with Crippen molar-refractivity contribution in [1.82, 2.24) is 0 Å². The molecule has 6 heteroatoms. The third-order valence-electron chi connectivity index (χ3n) is 1.65. The Hall–Kier alpha value is -0.620. The molecule has 0 aromatic carbocycles. The van der Waals surface area contributed by atoms with Crippen molar-refractivity contribution >= 4 is 15.8 Å². The minimum Gasteiger partial charge on any atom is -0.481 e. The van der Waals surface area contributed by atoms with Gasteiger partial charge in [-0.05, 0) is 6.92 Å². The fourth-order valence-electron chi connectivity index (χ4n) is 0.774. The molecule has 78 valence electrons. The summed E-state index contributed by atoms with van der Waals surface area (Å²) in [6.45, 7) is 1.49. The molecule has 5 nitrogen and oxygen atoms in total. The Bertz CT molecular complexity index is 256. The lowest BCUT2D eigenvalue weighted by atomic mass is 10.3. The van der Waals surface area contributed by atoms with E-state index in [1.54, 1.807) is 0 Å². The van der Waals surface area contributed by atoms with Crippen molar-refractivity contribution < 1.29 is 23.1 Å². The SMILES string of the molecule is COCCS(=O)(=O)C(C)CC(=O)O. The summed E-state index contributed by atoms with van der Waals surface area (Å²) in [6, 6.07) is 0. The van der Waals surface area contributed by atoms with Crippen LogP contribution in [0.5, 0.6) is 0 Å². The first kappa shape index (κ1) is 12.4. The summed E-state index contributed by atoms with van der Waals surface area (Å²) in [6.07, 6.45) is -0.355. The van der Waals surface area contributed by atoms with Crippen LogP contribution in [0.2, 0.25) is 0 Å². The van der Waals surface area contributed by atoms with Crippen LogP contribution in [0.15, 0.2) is 0 Å². The second-order valence-corrected chi connectivity index (χ2v) is 5.31. The van der Waals surface area contributed by atoms with Gasteiger partial charge in [-0.2, -0.15) is 0 Å². The molecule has 13 heavy (non-hydrogen) atoms. The standard InChI is InChI=1S/C7H14O5S/c1-6(5-7(8)9)13(10,11)4-3-12-2/h6H,3-5H2,1-2H3,(H,8,9). The van der Waals surface area contributed by atoms with Gasteiger partial charge < -0.3 is 9.84 Å². The lowest BCUT2D eigenvalue weighted by molar-refractivity contribution is -0.136. The lowest BCUT2D eigenvalue weighted by Crippen LogP contribution is -2.25. The second-order valence-electron chi connectivity index (χ2n) is 2.77. The highest BCUT2D eigenvalue weighted by atomic mass is 32.2. The average Bonchev–Trinajstić information content (AvgIpc) is 1.99. The van der Waals surface area contributed by atoms with Crippen LogP contribution in [0.3, 0.4) is 0 Å². The number of hydrogen-bond acceptors (Lipinski definition) is 4. The molecule has 0 bridgehead atoms. The van der Waals surface area contributed by atoms with E-state index in [2.05, 4.69) is 4.74 Å². The smallest absolute Gasteiger partial charge is 0.304 e. The van der Waals surface area contributed by atoms with E-state index in [1.807, 2.05) is 0 Å². The number of rotatable bonds is 6. The van der Waals surface area contributed by atoms with Crippen LogP contribution in [0.25, 0.3) is 0 Å². The van der Waals surface area contributed by atoms with Crippen molar-refractivity contribution in [3.05, 3.63) is 0 Å². The molecule has 0 aliphatic heterocycles. The molecule has 0 heterocycles. The Balaban J connectivity index is 4.20. The fourth-order valence-corrected chi connectivity index (χ4v) is 1.97. The van der Waals surface area contributed by atoms with E-state index in [4.69, 9.17) is 5.11 Å². The molecule has 0 aromatic rings. The van der Waals surface area contributed by atoms with E-state index >= 15 is 0 Å². The Morgan fingerprint density at radius 2 is 2.08 bits per heavy atom. The summed E-state index contributed by atoms with van der Waals surface area (Å²) in [5.74, 6) is -1.23. The summed E-state index contributed by atoms with van der Waals surface area (Å²) < 4.78 is 27.2. The van der Waals surface area contributed by atoms with Crippen molar-refractivity contribution in [1.29, 1.82) is 0 Å². The summed E-state index contributed by atoms with van der Waals surface area (Å²) in [5.41, 5.74) is 0. The predicted octanol–water partition coefficient (Wildman–Crippen LogP) is -0.0892. The molecule has 0 fully saturated rings. The molecule has 0 aliphatic rings. The summed E-state index contributed by atoms with van der Waals surface area (Å²) in [4.78, 5) is 10.2. The number of carbonyl (C=O) groups is 1. The molecule has 0 aromatic heterocycles. The van der Waals surface area contributed by atoms with E-state index < -0.39 is 21.1 Å². The predicted molar refractivity (Wildman–Crippen MR) is 47.4 cm³/mol.